The summed E-state index contributed by atoms with van der Waals surface area (Å²) in [6.07, 6.45) is 0.728. The maximum absolute atomic E-state index is 10.4. The van der Waals surface area contributed by atoms with Gasteiger partial charge in [0.2, 0.25) is 0 Å². The molecule has 16 heavy (non-hydrogen) atoms. The van der Waals surface area contributed by atoms with E-state index in [1.165, 1.54) is 0 Å². The summed E-state index contributed by atoms with van der Waals surface area (Å²) in [5.74, 6) is 0. The van der Waals surface area contributed by atoms with Gasteiger partial charge in [0, 0.05) is 12.8 Å². The van der Waals surface area contributed by atoms with E-state index in [1.54, 1.807) is 6.21 Å². The molecule has 0 saturated heterocycles. The third-order valence-corrected chi connectivity index (χ3v) is 2.03. The van der Waals surface area contributed by atoms with Crippen LogP contribution in [0, 0.1) is 0 Å². The molecular weight excluding hydrogens is 204 g/mol. The summed E-state index contributed by atoms with van der Waals surface area (Å²) in [5.41, 5.74) is 0.569. The lowest BCUT2D eigenvalue weighted by atomic mass is 10.1. The Hall–Kier alpha value is -1.84. The van der Waals surface area contributed by atoms with Crippen LogP contribution in [0.2, 0.25) is 0 Å². The number of nitrogens with one attached hydrogen (secondary N) is 1. The Balaban J connectivity index is 2.58. The van der Waals surface area contributed by atoms with Crippen molar-refractivity contribution in [2.45, 2.75) is 19.4 Å². The standard InChI is InChI=1S/C12H16N2O2/c1-12(2,9-13-11(15)16)14-8-10-6-4-3-5-7-10/h3-8,13H,9H2,1-2H3,(H,15,16)/b14-8+. The molecule has 1 rings (SSSR count). The SMILES string of the molecule is CC(C)(CNC(=O)O)/N=C/c1ccccc1. The molecule has 0 heterocycles. The number of carbonyl (C=O) groups is 1. The van der Waals surface area contributed by atoms with Gasteiger partial charge in [-0.15, -0.1) is 0 Å². The summed E-state index contributed by atoms with van der Waals surface area (Å²) in [7, 11) is 0. The normalized spacial score (nSPS) is 11.6. The van der Waals surface area contributed by atoms with Crippen LogP contribution in [-0.4, -0.2) is 29.5 Å². The number of amides is 1. The van der Waals surface area contributed by atoms with Gasteiger partial charge in [-0.3, -0.25) is 4.99 Å². The van der Waals surface area contributed by atoms with Crippen LogP contribution in [-0.2, 0) is 0 Å². The molecule has 4 nitrogen and oxygen atoms in total. The van der Waals surface area contributed by atoms with Gasteiger partial charge < -0.3 is 10.4 Å². The van der Waals surface area contributed by atoms with Gasteiger partial charge >= 0.3 is 6.09 Å². The predicted molar refractivity (Wildman–Crippen MR) is 64.1 cm³/mol. The van der Waals surface area contributed by atoms with Gasteiger partial charge in [-0.25, -0.2) is 4.79 Å². The number of carboxylic acid groups (broad SMARTS) is 1. The lowest BCUT2D eigenvalue weighted by molar-refractivity contribution is 0.192. The van der Waals surface area contributed by atoms with Crippen LogP contribution in [0.1, 0.15) is 19.4 Å². The topological polar surface area (TPSA) is 61.7 Å². The molecule has 0 bridgehead atoms. The van der Waals surface area contributed by atoms with Crippen molar-refractivity contribution in [3.63, 3.8) is 0 Å². The van der Waals surface area contributed by atoms with Gasteiger partial charge in [-0.2, -0.15) is 0 Å². The largest absolute Gasteiger partial charge is 0.465 e. The highest BCUT2D eigenvalue weighted by Gasteiger charge is 2.15. The minimum Gasteiger partial charge on any atom is -0.465 e. The van der Waals surface area contributed by atoms with Crippen molar-refractivity contribution in [2.24, 2.45) is 4.99 Å². The third kappa shape index (κ3) is 4.59. The van der Waals surface area contributed by atoms with Crippen molar-refractivity contribution in [1.82, 2.24) is 5.32 Å². The Bertz CT molecular complexity index is 372. The molecular formula is C12H16N2O2. The molecule has 1 aromatic rings. The van der Waals surface area contributed by atoms with Crippen molar-refractivity contribution < 1.29 is 9.90 Å². The van der Waals surface area contributed by atoms with Crippen molar-refractivity contribution in [3.05, 3.63) is 35.9 Å². The number of hydrogen-bond acceptors (Lipinski definition) is 2. The molecule has 0 aliphatic rings. The van der Waals surface area contributed by atoms with Gasteiger partial charge in [0.25, 0.3) is 0 Å². The third-order valence-electron chi connectivity index (χ3n) is 2.03. The smallest absolute Gasteiger partial charge is 0.404 e. The highest BCUT2D eigenvalue weighted by molar-refractivity contribution is 5.79. The lowest BCUT2D eigenvalue weighted by Gasteiger charge is -2.18. The molecule has 0 radical (unpaired) electrons. The summed E-state index contributed by atoms with van der Waals surface area (Å²) in [6.45, 7) is 4.05. The van der Waals surface area contributed by atoms with Crippen molar-refractivity contribution in [1.29, 1.82) is 0 Å². The highest BCUT2D eigenvalue weighted by atomic mass is 16.4. The van der Waals surface area contributed by atoms with Crippen LogP contribution in [0.4, 0.5) is 4.79 Å². The molecule has 0 aromatic heterocycles. The van der Waals surface area contributed by atoms with Gasteiger partial charge in [-0.05, 0) is 19.4 Å². The van der Waals surface area contributed by atoms with Crippen LogP contribution in [0.15, 0.2) is 35.3 Å². The van der Waals surface area contributed by atoms with Gasteiger partial charge in [0.1, 0.15) is 0 Å². The fourth-order valence-electron chi connectivity index (χ4n) is 1.13. The van der Waals surface area contributed by atoms with E-state index in [0.29, 0.717) is 6.54 Å². The zero-order valence-corrected chi connectivity index (χ0v) is 9.47. The fraction of sp³-hybridized carbons (Fsp3) is 0.333. The van der Waals surface area contributed by atoms with E-state index in [2.05, 4.69) is 10.3 Å². The Morgan fingerprint density at radius 2 is 2.06 bits per heavy atom. The molecule has 86 valence electrons. The van der Waals surface area contributed by atoms with Crippen molar-refractivity contribution >= 4 is 12.3 Å². The average Bonchev–Trinajstić information content (AvgIpc) is 2.26. The lowest BCUT2D eigenvalue weighted by Crippen LogP contribution is -2.36. The molecule has 0 aliphatic carbocycles. The zero-order chi connectivity index (χ0) is 12.0. The Kier molecular flexibility index (Phi) is 4.05. The second-order valence-corrected chi connectivity index (χ2v) is 4.14. The molecule has 0 aliphatic heterocycles. The van der Waals surface area contributed by atoms with Crippen LogP contribution in [0.25, 0.3) is 0 Å². The van der Waals surface area contributed by atoms with Gasteiger partial charge in [-0.1, -0.05) is 30.3 Å². The van der Waals surface area contributed by atoms with Gasteiger partial charge in [0.15, 0.2) is 0 Å². The molecule has 0 saturated carbocycles. The number of nitrogens with zero attached hydrogens (tertiary/aromatic N) is 1. The molecule has 2 N–H and O–H groups in total. The summed E-state index contributed by atoms with van der Waals surface area (Å²) >= 11 is 0. The Morgan fingerprint density at radius 1 is 1.44 bits per heavy atom. The molecule has 4 heteroatoms. The van der Waals surface area contributed by atoms with E-state index in [-0.39, 0.29) is 0 Å². The number of benzene rings is 1. The molecule has 0 atom stereocenters. The summed E-state index contributed by atoms with van der Waals surface area (Å²) in [4.78, 5) is 14.7. The fourth-order valence-corrected chi connectivity index (χ4v) is 1.13. The summed E-state index contributed by atoms with van der Waals surface area (Å²) < 4.78 is 0. The van der Waals surface area contributed by atoms with Crippen LogP contribution < -0.4 is 5.32 Å². The first-order valence-corrected chi connectivity index (χ1v) is 5.07. The van der Waals surface area contributed by atoms with E-state index in [1.807, 2.05) is 44.2 Å². The van der Waals surface area contributed by atoms with Crippen molar-refractivity contribution in [2.75, 3.05) is 6.54 Å². The molecule has 0 fully saturated rings. The van der Waals surface area contributed by atoms with Crippen molar-refractivity contribution in [3.8, 4) is 0 Å². The maximum Gasteiger partial charge on any atom is 0.404 e. The minimum atomic E-state index is -1.03. The first-order valence-electron chi connectivity index (χ1n) is 5.07. The van der Waals surface area contributed by atoms with E-state index in [0.717, 1.165) is 5.56 Å². The zero-order valence-electron chi connectivity index (χ0n) is 9.47. The van der Waals surface area contributed by atoms with E-state index >= 15 is 0 Å². The van der Waals surface area contributed by atoms with E-state index in [9.17, 15) is 4.79 Å². The summed E-state index contributed by atoms with van der Waals surface area (Å²) in [6, 6.07) is 9.70. The predicted octanol–water partition coefficient (Wildman–Crippen LogP) is 2.15. The molecule has 0 unspecified atom stereocenters. The van der Waals surface area contributed by atoms with E-state index in [4.69, 9.17) is 5.11 Å². The first-order chi connectivity index (χ1) is 7.49. The van der Waals surface area contributed by atoms with Gasteiger partial charge in [0.05, 0.1) is 5.54 Å². The first kappa shape index (κ1) is 12.2. The monoisotopic (exact) mass is 220 g/mol. The minimum absolute atomic E-state index is 0.297. The number of hydrogen-bond donors (Lipinski definition) is 2. The van der Waals surface area contributed by atoms with E-state index < -0.39 is 11.6 Å². The Morgan fingerprint density at radius 3 is 2.62 bits per heavy atom. The maximum atomic E-state index is 10.4. The highest BCUT2D eigenvalue weighted by Crippen LogP contribution is 2.07. The molecule has 0 spiro atoms. The molecule has 1 amide bonds. The van der Waals surface area contributed by atoms with Crippen LogP contribution >= 0.6 is 0 Å². The van der Waals surface area contributed by atoms with Crippen LogP contribution in [0.3, 0.4) is 0 Å². The second kappa shape index (κ2) is 5.30. The number of rotatable bonds is 4. The Labute approximate surface area is 95.0 Å². The number of aliphatic imine (C=N–C) groups is 1. The van der Waals surface area contributed by atoms with Crippen LogP contribution in [0.5, 0.6) is 0 Å². The average molecular weight is 220 g/mol. The molecule has 1 aromatic carbocycles. The summed E-state index contributed by atoms with van der Waals surface area (Å²) in [5, 5.41) is 10.8. The quantitative estimate of drug-likeness (QED) is 0.764. The second-order valence-electron chi connectivity index (χ2n) is 4.14.